The molecule has 28 heavy (non-hydrogen) atoms. The van der Waals surface area contributed by atoms with E-state index in [0.717, 1.165) is 5.56 Å². The molecule has 1 atom stereocenters. The third-order valence-electron chi connectivity index (χ3n) is 4.19. The van der Waals surface area contributed by atoms with Gasteiger partial charge in [-0.25, -0.2) is 4.68 Å². The first kappa shape index (κ1) is 19.2. The van der Waals surface area contributed by atoms with Gasteiger partial charge in [0.05, 0.1) is 21.3 Å². The number of tetrazole rings is 1. The summed E-state index contributed by atoms with van der Waals surface area (Å²) in [5.41, 5.74) is 1.49. The molecule has 1 aromatic heterocycles. The molecule has 0 fully saturated rings. The van der Waals surface area contributed by atoms with Gasteiger partial charge in [-0.2, -0.15) is 0 Å². The molecular weight excluding hydrogens is 362 g/mol. The number of benzene rings is 2. The molecule has 1 heterocycles. The van der Waals surface area contributed by atoms with Gasteiger partial charge >= 0.3 is 0 Å². The Balaban J connectivity index is 1.88. The molecule has 2 aromatic carbocycles. The maximum Gasteiger partial charge on any atom is 0.249 e. The fourth-order valence-corrected chi connectivity index (χ4v) is 2.83. The van der Waals surface area contributed by atoms with Crippen molar-refractivity contribution in [1.82, 2.24) is 20.2 Å². The van der Waals surface area contributed by atoms with Gasteiger partial charge in [0.15, 0.2) is 11.5 Å². The summed E-state index contributed by atoms with van der Waals surface area (Å²) >= 11 is 0. The minimum atomic E-state index is -0.628. The van der Waals surface area contributed by atoms with E-state index in [1.54, 1.807) is 12.1 Å². The fourth-order valence-electron chi connectivity index (χ4n) is 2.83. The van der Waals surface area contributed by atoms with Gasteiger partial charge in [0.2, 0.25) is 11.7 Å². The lowest BCUT2D eigenvalue weighted by Gasteiger charge is -2.18. The van der Waals surface area contributed by atoms with Crippen LogP contribution in [-0.2, 0) is 11.2 Å². The van der Waals surface area contributed by atoms with Crippen LogP contribution >= 0.6 is 0 Å². The van der Waals surface area contributed by atoms with Gasteiger partial charge < -0.3 is 19.5 Å². The van der Waals surface area contributed by atoms with Crippen LogP contribution in [0.4, 0.5) is 5.69 Å². The van der Waals surface area contributed by atoms with Crippen molar-refractivity contribution >= 4 is 11.6 Å². The maximum absolute atomic E-state index is 13.0. The monoisotopic (exact) mass is 383 g/mol. The largest absolute Gasteiger partial charge is 0.493 e. The molecule has 0 saturated carbocycles. The van der Waals surface area contributed by atoms with Gasteiger partial charge in [-0.15, -0.1) is 5.10 Å². The van der Waals surface area contributed by atoms with Crippen molar-refractivity contribution in [3.63, 3.8) is 0 Å². The van der Waals surface area contributed by atoms with Gasteiger partial charge in [0, 0.05) is 24.2 Å². The molecule has 0 aliphatic carbocycles. The first-order valence-corrected chi connectivity index (χ1v) is 8.53. The zero-order valence-electron chi connectivity index (χ0n) is 15.8. The van der Waals surface area contributed by atoms with Gasteiger partial charge in [-0.1, -0.05) is 30.3 Å². The third kappa shape index (κ3) is 4.20. The molecule has 0 bridgehead atoms. The Morgan fingerprint density at radius 1 is 1.07 bits per heavy atom. The van der Waals surface area contributed by atoms with Crippen LogP contribution in [0.1, 0.15) is 11.6 Å². The summed E-state index contributed by atoms with van der Waals surface area (Å²) in [5, 5.41) is 14.1. The second-order valence-corrected chi connectivity index (χ2v) is 5.90. The van der Waals surface area contributed by atoms with Crippen LogP contribution in [0, 0.1) is 0 Å². The van der Waals surface area contributed by atoms with Gasteiger partial charge in [0.1, 0.15) is 12.4 Å². The summed E-state index contributed by atoms with van der Waals surface area (Å²) in [4.78, 5) is 13.0. The van der Waals surface area contributed by atoms with Crippen LogP contribution in [0.5, 0.6) is 17.2 Å². The molecule has 146 valence electrons. The van der Waals surface area contributed by atoms with Crippen molar-refractivity contribution in [2.45, 2.75) is 12.5 Å². The van der Waals surface area contributed by atoms with Crippen molar-refractivity contribution in [3.8, 4) is 17.2 Å². The Kier molecular flexibility index (Phi) is 6.05. The number of carbonyl (C=O) groups excluding carboxylic acids is 1. The Morgan fingerprint density at radius 3 is 2.29 bits per heavy atom. The lowest BCUT2D eigenvalue weighted by atomic mass is 10.1. The first-order chi connectivity index (χ1) is 13.7. The van der Waals surface area contributed by atoms with Crippen LogP contribution in [0.3, 0.4) is 0 Å². The zero-order chi connectivity index (χ0) is 19.9. The van der Waals surface area contributed by atoms with E-state index in [4.69, 9.17) is 14.2 Å². The molecule has 0 aliphatic heterocycles. The van der Waals surface area contributed by atoms with Crippen molar-refractivity contribution in [1.29, 1.82) is 0 Å². The molecule has 0 saturated heterocycles. The summed E-state index contributed by atoms with van der Waals surface area (Å²) in [6.07, 6.45) is 1.85. The minimum Gasteiger partial charge on any atom is -0.493 e. The number of methoxy groups -OCH3 is 3. The quantitative estimate of drug-likeness (QED) is 0.636. The minimum absolute atomic E-state index is 0.273. The van der Waals surface area contributed by atoms with Gasteiger partial charge in [-0.05, 0) is 16.0 Å². The lowest BCUT2D eigenvalue weighted by Crippen LogP contribution is -2.28. The predicted octanol–water partition coefficient (Wildman–Crippen LogP) is 2.12. The Labute approximate surface area is 162 Å². The number of amides is 1. The van der Waals surface area contributed by atoms with E-state index in [-0.39, 0.29) is 5.91 Å². The highest BCUT2D eigenvalue weighted by atomic mass is 16.5. The molecule has 0 radical (unpaired) electrons. The third-order valence-corrected chi connectivity index (χ3v) is 4.19. The van der Waals surface area contributed by atoms with E-state index < -0.39 is 6.04 Å². The molecule has 0 spiro atoms. The molecule has 0 aliphatic rings. The summed E-state index contributed by atoms with van der Waals surface area (Å²) in [6, 6.07) is 12.4. The van der Waals surface area contributed by atoms with Crippen LogP contribution in [0.25, 0.3) is 0 Å². The van der Waals surface area contributed by atoms with Crippen molar-refractivity contribution in [3.05, 3.63) is 54.4 Å². The van der Waals surface area contributed by atoms with Crippen LogP contribution in [0.15, 0.2) is 48.8 Å². The number of hydrogen-bond acceptors (Lipinski definition) is 7. The Morgan fingerprint density at radius 2 is 1.75 bits per heavy atom. The topological polar surface area (TPSA) is 100 Å². The molecule has 1 unspecified atom stereocenters. The molecule has 9 heteroatoms. The van der Waals surface area contributed by atoms with Crippen molar-refractivity contribution < 1.29 is 19.0 Å². The van der Waals surface area contributed by atoms with E-state index in [1.165, 1.54) is 32.3 Å². The summed E-state index contributed by atoms with van der Waals surface area (Å²) < 4.78 is 17.4. The second-order valence-electron chi connectivity index (χ2n) is 5.90. The van der Waals surface area contributed by atoms with Crippen LogP contribution in [-0.4, -0.2) is 47.4 Å². The van der Waals surface area contributed by atoms with Crippen LogP contribution in [0.2, 0.25) is 0 Å². The second kappa shape index (κ2) is 8.85. The average Bonchev–Trinajstić information content (AvgIpc) is 3.26. The number of carbonyl (C=O) groups is 1. The van der Waals surface area contributed by atoms with Gasteiger partial charge in [-0.3, -0.25) is 4.79 Å². The zero-order valence-corrected chi connectivity index (χ0v) is 15.8. The van der Waals surface area contributed by atoms with Crippen molar-refractivity contribution in [2.24, 2.45) is 0 Å². The summed E-state index contributed by atoms with van der Waals surface area (Å²) in [7, 11) is 4.55. The average molecular weight is 383 g/mol. The predicted molar refractivity (Wildman–Crippen MR) is 102 cm³/mol. The molecule has 1 N–H and O–H groups in total. The number of rotatable bonds is 8. The number of anilines is 1. The maximum atomic E-state index is 13.0. The summed E-state index contributed by atoms with van der Waals surface area (Å²) in [6.45, 7) is 0. The SMILES string of the molecule is COc1cc(NC(=O)C(Cc2ccccc2)n2cnnn2)cc(OC)c1OC. The highest BCUT2D eigenvalue weighted by molar-refractivity contribution is 5.94. The van der Waals surface area contributed by atoms with E-state index in [0.29, 0.717) is 29.4 Å². The van der Waals surface area contributed by atoms with Crippen LogP contribution < -0.4 is 19.5 Å². The highest BCUT2D eigenvalue weighted by Crippen LogP contribution is 2.40. The molecule has 3 rings (SSSR count). The number of nitrogens with one attached hydrogen (secondary N) is 1. The number of hydrogen-bond donors (Lipinski definition) is 1. The van der Waals surface area contributed by atoms with Crippen molar-refractivity contribution in [2.75, 3.05) is 26.6 Å². The number of nitrogens with zero attached hydrogens (tertiary/aromatic N) is 4. The molecule has 1 amide bonds. The standard InChI is InChI=1S/C19H21N5O4/c1-26-16-10-14(11-17(27-2)18(16)28-3)21-19(25)15(24-12-20-22-23-24)9-13-7-5-4-6-8-13/h4-8,10-12,15H,9H2,1-3H3,(H,21,25). The lowest BCUT2D eigenvalue weighted by molar-refractivity contribution is -0.119. The first-order valence-electron chi connectivity index (χ1n) is 8.53. The Bertz CT molecular complexity index is 890. The number of ether oxygens (including phenoxy) is 3. The van der Waals surface area contributed by atoms with E-state index >= 15 is 0 Å². The number of aromatic nitrogens is 4. The molecule has 9 nitrogen and oxygen atoms in total. The normalized spacial score (nSPS) is 11.5. The highest BCUT2D eigenvalue weighted by Gasteiger charge is 2.23. The smallest absolute Gasteiger partial charge is 0.249 e. The van der Waals surface area contributed by atoms with Gasteiger partial charge in [0.25, 0.3) is 0 Å². The Hall–Kier alpha value is -3.62. The van der Waals surface area contributed by atoms with E-state index in [2.05, 4.69) is 20.8 Å². The molecule has 3 aromatic rings. The van der Waals surface area contributed by atoms with E-state index in [9.17, 15) is 4.79 Å². The fraction of sp³-hybridized carbons (Fsp3) is 0.263. The van der Waals surface area contributed by atoms with E-state index in [1.807, 2.05) is 30.3 Å². The molecular formula is C19H21N5O4. The summed E-state index contributed by atoms with van der Waals surface area (Å²) in [5.74, 6) is 1.06.